The molecular formula is C15H28N4O. The fraction of sp³-hybridized carbons (Fsp3) is 0.800. The maximum atomic E-state index is 5.95. The van der Waals surface area contributed by atoms with E-state index in [1.807, 2.05) is 0 Å². The van der Waals surface area contributed by atoms with Crippen LogP contribution < -0.4 is 5.73 Å². The van der Waals surface area contributed by atoms with Crippen molar-refractivity contribution in [2.24, 2.45) is 5.73 Å². The molecule has 1 aliphatic heterocycles. The van der Waals surface area contributed by atoms with E-state index >= 15 is 0 Å². The van der Waals surface area contributed by atoms with Gasteiger partial charge in [0.05, 0.1) is 17.5 Å². The van der Waals surface area contributed by atoms with Gasteiger partial charge in [0.15, 0.2) is 0 Å². The largest absolute Gasteiger partial charge is 0.381 e. The second-order valence-electron chi connectivity index (χ2n) is 5.54. The smallest absolute Gasteiger partial charge is 0.0625 e. The number of piperidine rings is 1. The van der Waals surface area contributed by atoms with Crippen molar-refractivity contribution >= 4 is 0 Å². The van der Waals surface area contributed by atoms with Crippen LogP contribution in [0.1, 0.15) is 38.1 Å². The Morgan fingerprint density at radius 1 is 1.45 bits per heavy atom. The van der Waals surface area contributed by atoms with Crippen molar-refractivity contribution in [3.8, 4) is 0 Å². The van der Waals surface area contributed by atoms with Crippen LogP contribution in [0.4, 0.5) is 0 Å². The second kappa shape index (κ2) is 7.20. The summed E-state index contributed by atoms with van der Waals surface area (Å²) in [5.41, 5.74) is 8.43. The summed E-state index contributed by atoms with van der Waals surface area (Å²) in [6, 6.07) is 2.65. The molecule has 1 fully saturated rings. The summed E-state index contributed by atoms with van der Waals surface area (Å²) in [5.74, 6) is 0. The van der Waals surface area contributed by atoms with E-state index in [1.54, 1.807) is 7.11 Å². The molecule has 0 radical (unpaired) electrons. The molecule has 0 aliphatic carbocycles. The molecule has 2 atom stereocenters. The number of nitrogens with two attached hydrogens (primary N) is 1. The minimum Gasteiger partial charge on any atom is -0.381 e. The maximum Gasteiger partial charge on any atom is 0.0625 e. The Balaban J connectivity index is 2.06. The van der Waals surface area contributed by atoms with Gasteiger partial charge in [-0.05, 0) is 32.3 Å². The van der Waals surface area contributed by atoms with E-state index in [9.17, 15) is 0 Å². The van der Waals surface area contributed by atoms with Crippen molar-refractivity contribution in [2.45, 2.75) is 58.3 Å². The third-order valence-corrected chi connectivity index (χ3v) is 4.34. The van der Waals surface area contributed by atoms with Gasteiger partial charge in [-0.15, -0.1) is 0 Å². The number of aryl methyl sites for hydroxylation is 2. The summed E-state index contributed by atoms with van der Waals surface area (Å²) in [6.45, 7) is 7.92. The number of nitrogens with zero attached hydrogens (tertiary/aromatic N) is 3. The summed E-state index contributed by atoms with van der Waals surface area (Å²) < 4.78 is 7.61. The topological polar surface area (TPSA) is 56.3 Å². The van der Waals surface area contributed by atoms with Gasteiger partial charge in [0.2, 0.25) is 0 Å². The van der Waals surface area contributed by atoms with Crippen molar-refractivity contribution < 1.29 is 4.74 Å². The van der Waals surface area contributed by atoms with E-state index in [4.69, 9.17) is 10.5 Å². The highest BCUT2D eigenvalue weighted by Crippen LogP contribution is 2.21. The average Bonchev–Trinajstić information content (AvgIpc) is 2.89. The highest BCUT2D eigenvalue weighted by atomic mass is 16.5. The Kier molecular flexibility index (Phi) is 5.57. The Bertz CT molecular complexity index is 418. The van der Waals surface area contributed by atoms with Crippen LogP contribution in [0.5, 0.6) is 0 Å². The van der Waals surface area contributed by atoms with Crippen LogP contribution in [0.15, 0.2) is 6.07 Å². The molecule has 0 amide bonds. The predicted octanol–water partition coefficient (Wildman–Crippen LogP) is 1.40. The fourth-order valence-electron chi connectivity index (χ4n) is 3.03. The van der Waals surface area contributed by atoms with Crippen molar-refractivity contribution in [2.75, 3.05) is 20.2 Å². The predicted molar refractivity (Wildman–Crippen MR) is 80.6 cm³/mol. The van der Waals surface area contributed by atoms with Gasteiger partial charge in [0.25, 0.3) is 0 Å². The number of hydrogen-bond acceptors (Lipinski definition) is 4. The second-order valence-corrected chi connectivity index (χ2v) is 5.54. The van der Waals surface area contributed by atoms with Crippen molar-refractivity contribution in [1.29, 1.82) is 0 Å². The van der Waals surface area contributed by atoms with Crippen LogP contribution in [0, 0.1) is 0 Å². The monoisotopic (exact) mass is 280 g/mol. The molecule has 0 bridgehead atoms. The molecular weight excluding hydrogens is 252 g/mol. The quantitative estimate of drug-likeness (QED) is 0.856. The molecule has 2 rings (SSSR count). The number of rotatable bonds is 6. The summed E-state index contributed by atoms with van der Waals surface area (Å²) in [7, 11) is 1.80. The SMILES string of the molecule is CCc1cc(CN2CCC(OC)CC2CN)n(CC)n1. The van der Waals surface area contributed by atoms with Gasteiger partial charge in [-0.25, -0.2) is 0 Å². The molecule has 2 N–H and O–H groups in total. The van der Waals surface area contributed by atoms with E-state index in [2.05, 4.69) is 34.6 Å². The molecule has 0 aromatic carbocycles. The Hall–Kier alpha value is -0.910. The van der Waals surface area contributed by atoms with E-state index in [1.165, 1.54) is 11.4 Å². The van der Waals surface area contributed by atoms with Gasteiger partial charge >= 0.3 is 0 Å². The van der Waals surface area contributed by atoms with Crippen molar-refractivity contribution in [1.82, 2.24) is 14.7 Å². The van der Waals surface area contributed by atoms with E-state index in [0.717, 1.165) is 38.9 Å². The molecule has 1 aromatic heterocycles. The molecule has 5 heteroatoms. The number of hydrogen-bond donors (Lipinski definition) is 1. The summed E-state index contributed by atoms with van der Waals surface area (Å²) in [6.07, 6.45) is 3.48. The third-order valence-electron chi connectivity index (χ3n) is 4.34. The molecule has 2 heterocycles. The lowest BCUT2D eigenvalue weighted by molar-refractivity contribution is 0.00933. The van der Waals surface area contributed by atoms with Crippen LogP contribution >= 0.6 is 0 Å². The van der Waals surface area contributed by atoms with Gasteiger partial charge < -0.3 is 10.5 Å². The minimum absolute atomic E-state index is 0.363. The Labute approximate surface area is 122 Å². The molecule has 5 nitrogen and oxygen atoms in total. The van der Waals surface area contributed by atoms with Crippen LogP contribution in [0.2, 0.25) is 0 Å². The maximum absolute atomic E-state index is 5.95. The summed E-state index contributed by atoms with van der Waals surface area (Å²) in [5, 5.41) is 4.63. The first-order valence-electron chi connectivity index (χ1n) is 7.74. The van der Waals surface area contributed by atoms with E-state index in [0.29, 0.717) is 18.7 Å². The van der Waals surface area contributed by atoms with Gasteiger partial charge in [-0.1, -0.05) is 6.92 Å². The van der Waals surface area contributed by atoms with Gasteiger partial charge in [0.1, 0.15) is 0 Å². The zero-order valence-corrected chi connectivity index (χ0v) is 13.0. The van der Waals surface area contributed by atoms with E-state index < -0.39 is 0 Å². The van der Waals surface area contributed by atoms with Gasteiger partial charge in [-0.3, -0.25) is 9.58 Å². The van der Waals surface area contributed by atoms with Gasteiger partial charge in [0, 0.05) is 39.3 Å². The molecule has 2 unspecified atom stereocenters. The average molecular weight is 280 g/mol. The molecule has 0 saturated carbocycles. The molecule has 1 aromatic rings. The molecule has 1 saturated heterocycles. The first-order valence-corrected chi connectivity index (χ1v) is 7.74. The lowest BCUT2D eigenvalue weighted by atomic mass is 9.99. The summed E-state index contributed by atoms with van der Waals surface area (Å²) in [4.78, 5) is 2.48. The zero-order chi connectivity index (χ0) is 14.5. The van der Waals surface area contributed by atoms with E-state index in [-0.39, 0.29) is 0 Å². The highest BCUT2D eigenvalue weighted by Gasteiger charge is 2.28. The number of aromatic nitrogens is 2. The Morgan fingerprint density at radius 3 is 2.85 bits per heavy atom. The summed E-state index contributed by atoms with van der Waals surface area (Å²) >= 11 is 0. The molecule has 0 spiro atoms. The minimum atomic E-state index is 0.363. The van der Waals surface area contributed by atoms with Crippen LogP contribution in [-0.4, -0.2) is 47.0 Å². The standard InChI is InChI=1S/C15H28N4O/c1-4-12-8-14(19(5-2)17-12)11-18-7-6-15(20-3)9-13(18)10-16/h8,13,15H,4-7,9-11,16H2,1-3H3. The number of methoxy groups -OCH3 is 1. The van der Waals surface area contributed by atoms with Crippen molar-refractivity contribution in [3.63, 3.8) is 0 Å². The third kappa shape index (κ3) is 3.40. The van der Waals surface area contributed by atoms with Crippen LogP contribution in [0.25, 0.3) is 0 Å². The zero-order valence-electron chi connectivity index (χ0n) is 13.0. The van der Waals surface area contributed by atoms with Crippen LogP contribution in [0.3, 0.4) is 0 Å². The Morgan fingerprint density at radius 2 is 2.25 bits per heavy atom. The normalized spacial score (nSPS) is 24.2. The molecule has 114 valence electrons. The van der Waals surface area contributed by atoms with Gasteiger partial charge in [-0.2, -0.15) is 5.10 Å². The fourth-order valence-corrected chi connectivity index (χ4v) is 3.03. The molecule has 20 heavy (non-hydrogen) atoms. The number of likely N-dealkylation sites (tertiary alicyclic amines) is 1. The lowest BCUT2D eigenvalue weighted by Crippen LogP contribution is -2.48. The van der Waals surface area contributed by atoms with Crippen molar-refractivity contribution in [3.05, 3.63) is 17.5 Å². The molecule has 1 aliphatic rings. The van der Waals surface area contributed by atoms with Crippen LogP contribution in [-0.2, 0) is 24.2 Å². The first-order chi connectivity index (χ1) is 9.71. The highest BCUT2D eigenvalue weighted by molar-refractivity contribution is 5.11. The lowest BCUT2D eigenvalue weighted by Gasteiger charge is -2.38. The first kappa shape index (κ1) is 15.5. The number of ether oxygens (including phenoxy) is 1.